The van der Waals surface area contributed by atoms with Crippen LogP contribution in [0.4, 0.5) is 19.0 Å². The van der Waals surface area contributed by atoms with Gasteiger partial charge in [-0.05, 0) is 12.8 Å². The number of hydrogen-bond acceptors (Lipinski definition) is 4. The first-order chi connectivity index (χ1) is 8.82. The first kappa shape index (κ1) is 13.7. The van der Waals surface area contributed by atoms with Crippen molar-refractivity contribution in [3.05, 3.63) is 11.3 Å². The lowest BCUT2D eigenvalue weighted by molar-refractivity contribution is -0.142. The Balaban J connectivity index is 2.48. The highest BCUT2D eigenvalue weighted by molar-refractivity contribution is 5.98. The lowest BCUT2D eigenvalue weighted by atomic mass is 10.1. The number of nitrogen functional groups attached to an aromatic ring is 1. The van der Waals surface area contributed by atoms with Crippen molar-refractivity contribution in [1.82, 2.24) is 9.78 Å². The molecule has 1 fully saturated rings. The first-order valence-electron chi connectivity index (χ1n) is 5.65. The molecule has 0 aromatic carbocycles. The zero-order valence-electron chi connectivity index (χ0n) is 9.91. The second kappa shape index (κ2) is 4.72. The van der Waals surface area contributed by atoms with E-state index in [1.165, 1.54) is 0 Å². The van der Waals surface area contributed by atoms with Gasteiger partial charge in [0.05, 0.1) is 6.04 Å². The molecule has 0 bridgehead atoms. The minimum atomic E-state index is -4.77. The molecule has 0 atom stereocenters. The average Bonchev–Trinajstić information content (AvgIpc) is 2.68. The Morgan fingerprint density at radius 2 is 1.95 bits per heavy atom. The number of hydrogen-bond donors (Lipinski definition) is 2. The van der Waals surface area contributed by atoms with Crippen LogP contribution in [0.5, 0.6) is 0 Å². The highest BCUT2D eigenvalue weighted by atomic mass is 19.4. The Hall–Kier alpha value is -1.77. The van der Waals surface area contributed by atoms with E-state index >= 15 is 0 Å². The van der Waals surface area contributed by atoms with E-state index < -0.39 is 23.3 Å². The van der Waals surface area contributed by atoms with Crippen molar-refractivity contribution >= 4 is 11.7 Å². The summed E-state index contributed by atoms with van der Waals surface area (Å²) in [5.74, 6) is -1.57. The number of carbonyl (C=O) groups excluding carboxylic acids is 1. The second-order valence-corrected chi connectivity index (χ2v) is 4.26. The van der Waals surface area contributed by atoms with Crippen molar-refractivity contribution in [2.45, 2.75) is 25.1 Å². The van der Waals surface area contributed by atoms with Crippen molar-refractivity contribution in [2.75, 3.05) is 18.9 Å². The third kappa shape index (κ3) is 2.50. The molecule has 1 aliphatic rings. The molecule has 4 N–H and O–H groups in total. The topological polar surface area (TPSA) is 96.2 Å². The Labute approximate surface area is 106 Å². The van der Waals surface area contributed by atoms with Gasteiger partial charge in [0.25, 0.3) is 5.91 Å². The predicted octanol–water partition coefficient (Wildman–Crippen LogP) is 0.935. The number of nitrogens with zero attached hydrogens (tertiary/aromatic N) is 2. The van der Waals surface area contributed by atoms with E-state index in [0.717, 1.165) is 4.68 Å². The SMILES string of the molecule is NC(=O)c1c(C(F)(F)F)nn(C2CCOCC2)c1N. The molecule has 0 radical (unpaired) electrons. The van der Waals surface area contributed by atoms with Crippen molar-refractivity contribution < 1.29 is 22.7 Å². The third-order valence-electron chi connectivity index (χ3n) is 3.00. The van der Waals surface area contributed by atoms with Crippen LogP contribution in [0.25, 0.3) is 0 Å². The summed E-state index contributed by atoms with van der Waals surface area (Å²) in [5.41, 5.74) is 8.45. The molecular weight excluding hydrogens is 265 g/mol. The maximum absolute atomic E-state index is 12.8. The molecule has 0 unspecified atom stereocenters. The van der Waals surface area contributed by atoms with E-state index in [4.69, 9.17) is 16.2 Å². The van der Waals surface area contributed by atoms with E-state index in [2.05, 4.69) is 5.10 Å². The standard InChI is InChI=1S/C10H13F3N4O2/c11-10(12,13)7-6(9(15)18)8(14)17(16-7)5-1-3-19-4-2-5/h5H,1-4,14H2,(H2,15,18). The van der Waals surface area contributed by atoms with E-state index in [0.29, 0.717) is 26.1 Å². The van der Waals surface area contributed by atoms with Gasteiger partial charge in [0, 0.05) is 13.2 Å². The lowest BCUT2D eigenvalue weighted by Crippen LogP contribution is -2.22. The summed E-state index contributed by atoms with van der Waals surface area (Å²) in [6.45, 7) is 0.828. The number of anilines is 1. The molecular formula is C10H13F3N4O2. The van der Waals surface area contributed by atoms with E-state index in [1.807, 2.05) is 0 Å². The molecule has 1 aromatic rings. The van der Waals surface area contributed by atoms with Gasteiger partial charge in [-0.25, -0.2) is 4.68 Å². The maximum atomic E-state index is 12.8. The maximum Gasteiger partial charge on any atom is 0.436 e. The quantitative estimate of drug-likeness (QED) is 0.841. The van der Waals surface area contributed by atoms with Crippen LogP contribution in [0, 0.1) is 0 Å². The van der Waals surface area contributed by atoms with Crippen molar-refractivity contribution in [3.63, 3.8) is 0 Å². The van der Waals surface area contributed by atoms with Crippen LogP contribution < -0.4 is 11.5 Å². The van der Waals surface area contributed by atoms with Gasteiger partial charge in [0.2, 0.25) is 0 Å². The third-order valence-corrected chi connectivity index (χ3v) is 3.00. The van der Waals surface area contributed by atoms with Gasteiger partial charge in [-0.3, -0.25) is 4.79 Å². The van der Waals surface area contributed by atoms with Crippen LogP contribution in [0.3, 0.4) is 0 Å². The monoisotopic (exact) mass is 278 g/mol. The summed E-state index contributed by atoms with van der Waals surface area (Å²) in [4.78, 5) is 11.1. The number of carbonyl (C=O) groups is 1. The van der Waals surface area contributed by atoms with E-state index in [9.17, 15) is 18.0 Å². The number of aromatic nitrogens is 2. The minimum Gasteiger partial charge on any atom is -0.383 e. The fourth-order valence-corrected chi connectivity index (χ4v) is 2.10. The zero-order chi connectivity index (χ0) is 14.2. The number of rotatable bonds is 2. The lowest BCUT2D eigenvalue weighted by Gasteiger charge is -2.23. The summed E-state index contributed by atoms with van der Waals surface area (Å²) in [6.07, 6.45) is -3.79. The zero-order valence-corrected chi connectivity index (χ0v) is 9.91. The second-order valence-electron chi connectivity index (χ2n) is 4.26. The number of primary amides is 1. The number of halogens is 3. The Bertz CT molecular complexity index is 492. The number of nitrogens with two attached hydrogens (primary N) is 2. The molecule has 0 spiro atoms. The van der Waals surface area contributed by atoms with Crippen LogP contribution in [0.1, 0.15) is 34.9 Å². The fraction of sp³-hybridized carbons (Fsp3) is 0.600. The van der Waals surface area contributed by atoms with Gasteiger partial charge in [-0.15, -0.1) is 0 Å². The van der Waals surface area contributed by atoms with Crippen LogP contribution in [-0.4, -0.2) is 28.9 Å². The Morgan fingerprint density at radius 3 is 2.37 bits per heavy atom. The van der Waals surface area contributed by atoms with Gasteiger partial charge >= 0.3 is 6.18 Å². The van der Waals surface area contributed by atoms with E-state index in [1.54, 1.807) is 0 Å². The number of alkyl halides is 3. The average molecular weight is 278 g/mol. The van der Waals surface area contributed by atoms with Gasteiger partial charge < -0.3 is 16.2 Å². The molecule has 0 aliphatic carbocycles. The molecule has 1 saturated heterocycles. The van der Waals surface area contributed by atoms with Crippen LogP contribution >= 0.6 is 0 Å². The Kier molecular flexibility index (Phi) is 3.40. The van der Waals surface area contributed by atoms with Gasteiger partial charge in [0.1, 0.15) is 11.4 Å². The Morgan fingerprint density at radius 1 is 1.37 bits per heavy atom. The fourth-order valence-electron chi connectivity index (χ4n) is 2.10. The molecule has 9 heteroatoms. The largest absolute Gasteiger partial charge is 0.436 e. The predicted molar refractivity (Wildman–Crippen MR) is 59.2 cm³/mol. The molecule has 1 amide bonds. The highest BCUT2D eigenvalue weighted by Gasteiger charge is 2.41. The van der Waals surface area contributed by atoms with Crippen molar-refractivity contribution in [2.24, 2.45) is 5.73 Å². The van der Waals surface area contributed by atoms with Crippen molar-refractivity contribution in [3.8, 4) is 0 Å². The summed E-state index contributed by atoms with van der Waals surface area (Å²) in [6, 6.07) is -0.317. The molecule has 1 aromatic heterocycles. The van der Waals surface area contributed by atoms with E-state index in [-0.39, 0.29) is 11.9 Å². The normalized spacial score (nSPS) is 17.6. The summed E-state index contributed by atoms with van der Waals surface area (Å²) in [5, 5.41) is 3.44. The van der Waals surface area contributed by atoms with Crippen LogP contribution in [-0.2, 0) is 10.9 Å². The summed E-state index contributed by atoms with van der Waals surface area (Å²) >= 11 is 0. The van der Waals surface area contributed by atoms with Crippen LogP contribution in [0.15, 0.2) is 0 Å². The molecule has 0 saturated carbocycles. The first-order valence-corrected chi connectivity index (χ1v) is 5.65. The van der Waals surface area contributed by atoms with Crippen molar-refractivity contribution in [1.29, 1.82) is 0 Å². The highest BCUT2D eigenvalue weighted by Crippen LogP contribution is 2.35. The number of amides is 1. The number of ether oxygens (including phenoxy) is 1. The summed E-state index contributed by atoms with van der Waals surface area (Å²) in [7, 11) is 0. The van der Waals surface area contributed by atoms with Gasteiger partial charge in [0.15, 0.2) is 5.69 Å². The molecule has 2 heterocycles. The molecule has 2 rings (SSSR count). The molecule has 19 heavy (non-hydrogen) atoms. The molecule has 106 valence electrons. The molecule has 1 aliphatic heterocycles. The molecule has 6 nitrogen and oxygen atoms in total. The smallest absolute Gasteiger partial charge is 0.383 e. The summed E-state index contributed by atoms with van der Waals surface area (Å²) < 4.78 is 44.6. The van der Waals surface area contributed by atoms with Gasteiger partial charge in [-0.1, -0.05) is 0 Å². The minimum absolute atomic E-state index is 0.317. The van der Waals surface area contributed by atoms with Gasteiger partial charge in [-0.2, -0.15) is 18.3 Å². The van der Waals surface area contributed by atoms with Crippen LogP contribution in [0.2, 0.25) is 0 Å².